The lowest BCUT2D eigenvalue weighted by molar-refractivity contribution is 0.0398. The number of carbonyl (C=O) groups excluding carboxylic acids is 1. The standard InChI is InChI=1S/C19H25N5O3/c1-14-21-16(19(25)23-15-5-3-4-6-17(15)26-2)13-18(22-14)20-7-8-24-9-11-27-12-10-24/h3-6,13H,7-12H2,1-2H3,(H,23,25)(H,20,21,22). The first kappa shape index (κ1) is 19.1. The molecule has 1 saturated heterocycles. The SMILES string of the molecule is COc1ccccc1NC(=O)c1cc(NCCN2CCOCC2)nc(C)n1. The van der Waals surface area contributed by atoms with Crippen LogP contribution in [-0.2, 0) is 4.74 Å². The van der Waals surface area contributed by atoms with E-state index < -0.39 is 0 Å². The summed E-state index contributed by atoms with van der Waals surface area (Å²) in [7, 11) is 1.57. The number of morpholine rings is 1. The highest BCUT2D eigenvalue weighted by Gasteiger charge is 2.14. The van der Waals surface area contributed by atoms with Gasteiger partial charge >= 0.3 is 0 Å². The molecule has 0 aliphatic carbocycles. The summed E-state index contributed by atoms with van der Waals surface area (Å²) in [4.78, 5) is 23.6. The number of para-hydroxylation sites is 2. The van der Waals surface area contributed by atoms with Gasteiger partial charge in [0.2, 0.25) is 0 Å². The lowest BCUT2D eigenvalue weighted by Gasteiger charge is -2.26. The Balaban J connectivity index is 1.62. The van der Waals surface area contributed by atoms with Gasteiger partial charge in [0, 0.05) is 32.2 Å². The molecule has 1 amide bonds. The topological polar surface area (TPSA) is 88.6 Å². The molecule has 2 aromatic rings. The number of anilines is 2. The van der Waals surface area contributed by atoms with Gasteiger partial charge in [0.05, 0.1) is 26.0 Å². The summed E-state index contributed by atoms with van der Waals surface area (Å²) < 4.78 is 10.6. The molecule has 0 saturated carbocycles. The van der Waals surface area contributed by atoms with E-state index in [2.05, 4.69) is 25.5 Å². The number of hydrogen-bond donors (Lipinski definition) is 2. The maximum absolute atomic E-state index is 12.6. The van der Waals surface area contributed by atoms with Crippen molar-refractivity contribution in [2.75, 3.05) is 57.1 Å². The molecule has 27 heavy (non-hydrogen) atoms. The van der Waals surface area contributed by atoms with E-state index >= 15 is 0 Å². The normalized spacial score (nSPS) is 14.6. The molecule has 3 rings (SSSR count). The molecule has 0 atom stereocenters. The molecule has 2 N–H and O–H groups in total. The first-order valence-electron chi connectivity index (χ1n) is 9.00. The summed E-state index contributed by atoms with van der Waals surface area (Å²) in [6.45, 7) is 6.85. The number of aromatic nitrogens is 2. The van der Waals surface area contributed by atoms with Gasteiger partial charge in [-0.1, -0.05) is 12.1 Å². The summed E-state index contributed by atoms with van der Waals surface area (Å²) in [5, 5.41) is 6.11. The molecule has 2 heterocycles. The summed E-state index contributed by atoms with van der Waals surface area (Å²) in [6, 6.07) is 8.92. The number of hydrogen-bond acceptors (Lipinski definition) is 7. The second kappa shape index (κ2) is 9.29. The Morgan fingerprint density at radius 2 is 2.04 bits per heavy atom. The van der Waals surface area contributed by atoms with Crippen LogP contribution in [0.25, 0.3) is 0 Å². The molecule has 1 aliphatic rings. The number of amides is 1. The summed E-state index contributed by atoms with van der Waals surface area (Å²) in [6.07, 6.45) is 0. The lowest BCUT2D eigenvalue weighted by Crippen LogP contribution is -2.39. The summed E-state index contributed by atoms with van der Waals surface area (Å²) in [5.74, 6) is 1.47. The number of ether oxygens (including phenoxy) is 2. The lowest BCUT2D eigenvalue weighted by atomic mass is 10.2. The first-order valence-corrected chi connectivity index (χ1v) is 9.00. The molecule has 1 aromatic carbocycles. The van der Waals surface area contributed by atoms with E-state index in [-0.39, 0.29) is 5.91 Å². The van der Waals surface area contributed by atoms with Gasteiger partial charge in [0.1, 0.15) is 23.1 Å². The molecular formula is C19H25N5O3. The number of nitrogens with zero attached hydrogens (tertiary/aromatic N) is 3. The average Bonchev–Trinajstić information content (AvgIpc) is 2.69. The van der Waals surface area contributed by atoms with E-state index in [1.54, 1.807) is 32.2 Å². The number of carbonyl (C=O) groups is 1. The summed E-state index contributed by atoms with van der Waals surface area (Å²) >= 11 is 0. The Kier molecular flexibility index (Phi) is 6.56. The van der Waals surface area contributed by atoms with Crippen molar-refractivity contribution < 1.29 is 14.3 Å². The van der Waals surface area contributed by atoms with Crippen molar-refractivity contribution in [3.05, 3.63) is 41.9 Å². The highest BCUT2D eigenvalue weighted by molar-refractivity contribution is 6.04. The van der Waals surface area contributed by atoms with E-state index in [1.807, 2.05) is 12.1 Å². The minimum atomic E-state index is -0.304. The second-order valence-corrected chi connectivity index (χ2v) is 6.22. The quantitative estimate of drug-likeness (QED) is 0.767. The fourth-order valence-electron chi connectivity index (χ4n) is 2.88. The van der Waals surface area contributed by atoms with Crippen molar-refractivity contribution in [2.45, 2.75) is 6.92 Å². The first-order chi connectivity index (χ1) is 13.2. The number of nitrogens with one attached hydrogen (secondary N) is 2. The van der Waals surface area contributed by atoms with Crippen LogP contribution in [0.5, 0.6) is 5.75 Å². The molecule has 1 aliphatic heterocycles. The highest BCUT2D eigenvalue weighted by atomic mass is 16.5. The van der Waals surface area contributed by atoms with Crippen LogP contribution in [0.15, 0.2) is 30.3 Å². The maximum Gasteiger partial charge on any atom is 0.274 e. The molecule has 1 aromatic heterocycles. The zero-order chi connectivity index (χ0) is 19.1. The second-order valence-electron chi connectivity index (χ2n) is 6.22. The van der Waals surface area contributed by atoms with Crippen molar-refractivity contribution in [3.8, 4) is 5.75 Å². The van der Waals surface area contributed by atoms with Crippen molar-refractivity contribution in [3.63, 3.8) is 0 Å². The van der Waals surface area contributed by atoms with Crippen LogP contribution in [-0.4, -0.2) is 67.3 Å². The Morgan fingerprint density at radius 1 is 1.26 bits per heavy atom. The van der Waals surface area contributed by atoms with Crippen LogP contribution in [0.4, 0.5) is 11.5 Å². The highest BCUT2D eigenvalue weighted by Crippen LogP contribution is 2.23. The van der Waals surface area contributed by atoms with E-state index in [4.69, 9.17) is 9.47 Å². The van der Waals surface area contributed by atoms with E-state index in [1.165, 1.54) is 0 Å². The molecule has 0 spiro atoms. The molecule has 8 nitrogen and oxygen atoms in total. The third-order valence-corrected chi connectivity index (χ3v) is 4.26. The van der Waals surface area contributed by atoms with E-state index in [0.29, 0.717) is 28.8 Å². The van der Waals surface area contributed by atoms with Gasteiger partial charge in [-0.2, -0.15) is 0 Å². The molecule has 0 unspecified atom stereocenters. The van der Waals surface area contributed by atoms with Crippen molar-refractivity contribution in [2.24, 2.45) is 0 Å². The van der Waals surface area contributed by atoms with Gasteiger partial charge in [0.25, 0.3) is 5.91 Å². The predicted octanol–water partition coefficient (Wildman–Crippen LogP) is 1.79. The number of rotatable bonds is 7. The number of methoxy groups -OCH3 is 1. The Bertz CT molecular complexity index is 778. The van der Waals surface area contributed by atoms with Crippen molar-refractivity contribution >= 4 is 17.4 Å². The zero-order valence-corrected chi connectivity index (χ0v) is 15.7. The predicted molar refractivity (Wildman–Crippen MR) is 103 cm³/mol. The zero-order valence-electron chi connectivity index (χ0n) is 15.7. The fourth-order valence-corrected chi connectivity index (χ4v) is 2.88. The summed E-state index contributed by atoms with van der Waals surface area (Å²) in [5.41, 5.74) is 0.908. The largest absolute Gasteiger partial charge is 0.495 e. The smallest absolute Gasteiger partial charge is 0.274 e. The maximum atomic E-state index is 12.6. The minimum Gasteiger partial charge on any atom is -0.495 e. The van der Waals surface area contributed by atoms with Crippen LogP contribution in [0.3, 0.4) is 0 Å². The van der Waals surface area contributed by atoms with Crippen molar-refractivity contribution in [1.82, 2.24) is 14.9 Å². The fraction of sp³-hybridized carbons (Fsp3) is 0.421. The van der Waals surface area contributed by atoms with Gasteiger partial charge in [-0.25, -0.2) is 9.97 Å². The van der Waals surface area contributed by atoms with Crippen LogP contribution in [0, 0.1) is 6.92 Å². The molecular weight excluding hydrogens is 346 g/mol. The molecule has 8 heteroatoms. The number of aryl methyl sites for hydroxylation is 1. The van der Waals surface area contributed by atoms with Crippen LogP contribution < -0.4 is 15.4 Å². The van der Waals surface area contributed by atoms with Gasteiger partial charge in [0.15, 0.2) is 0 Å². The Labute approximate surface area is 158 Å². The van der Waals surface area contributed by atoms with Crippen molar-refractivity contribution in [1.29, 1.82) is 0 Å². The van der Waals surface area contributed by atoms with E-state index in [9.17, 15) is 4.79 Å². The van der Waals surface area contributed by atoms with E-state index in [0.717, 1.165) is 39.4 Å². The third kappa shape index (κ3) is 5.38. The van der Waals surface area contributed by atoms with Gasteiger partial charge in [-0.05, 0) is 19.1 Å². The van der Waals surface area contributed by atoms with Crippen LogP contribution >= 0.6 is 0 Å². The molecule has 1 fully saturated rings. The molecule has 144 valence electrons. The molecule has 0 bridgehead atoms. The van der Waals surface area contributed by atoms with Crippen LogP contribution in [0.2, 0.25) is 0 Å². The monoisotopic (exact) mass is 371 g/mol. The Morgan fingerprint density at radius 3 is 2.81 bits per heavy atom. The van der Waals surface area contributed by atoms with Gasteiger partial charge < -0.3 is 20.1 Å². The minimum absolute atomic E-state index is 0.304. The number of benzene rings is 1. The third-order valence-electron chi connectivity index (χ3n) is 4.26. The van der Waals surface area contributed by atoms with Gasteiger partial charge in [-0.3, -0.25) is 9.69 Å². The van der Waals surface area contributed by atoms with Crippen LogP contribution in [0.1, 0.15) is 16.3 Å². The van der Waals surface area contributed by atoms with Gasteiger partial charge in [-0.15, -0.1) is 0 Å². The Hall–Kier alpha value is -2.71. The average molecular weight is 371 g/mol. The molecule has 0 radical (unpaired) electrons.